The number of aromatic hydroxyl groups is 1. The lowest BCUT2D eigenvalue weighted by atomic mass is 9.79. The molecule has 2 amide bonds. The highest BCUT2D eigenvalue weighted by atomic mass is 19.1. The topological polar surface area (TPSA) is 147 Å². The SMILES string of the molecule is Nc1nnc(-c2cccc(F)c2O)cc1-c1cc(C2CCN(C3CCC(c4cccc5c4OCCN5[C@@H]4CCC(=O)NC4=O)CC3)CC2)ccn1. The molecule has 0 spiro atoms. The van der Waals surface area contributed by atoms with Gasteiger partial charge in [-0.05, 0) is 117 Å². The van der Waals surface area contributed by atoms with Crippen LogP contribution in [0, 0.1) is 5.82 Å². The molecule has 2 aromatic heterocycles. The van der Waals surface area contributed by atoms with Gasteiger partial charge in [-0.25, -0.2) is 4.39 Å². The van der Waals surface area contributed by atoms with Gasteiger partial charge in [0.2, 0.25) is 11.8 Å². The molecule has 12 heteroatoms. The van der Waals surface area contributed by atoms with E-state index in [1.54, 1.807) is 18.3 Å². The summed E-state index contributed by atoms with van der Waals surface area (Å²) in [7, 11) is 0. The van der Waals surface area contributed by atoms with Crippen LogP contribution < -0.4 is 20.7 Å². The van der Waals surface area contributed by atoms with Gasteiger partial charge in [0.15, 0.2) is 17.4 Å². The van der Waals surface area contributed by atoms with Gasteiger partial charge in [0, 0.05) is 29.8 Å². The number of likely N-dealkylation sites (tertiary alicyclic amines) is 1. The number of hydrogen-bond donors (Lipinski definition) is 3. The van der Waals surface area contributed by atoms with Crippen molar-refractivity contribution in [1.82, 2.24) is 25.4 Å². The minimum atomic E-state index is -0.725. The number of amides is 2. The predicted molar refractivity (Wildman–Crippen MR) is 191 cm³/mol. The Bertz CT molecular complexity index is 1960. The zero-order valence-corrected chi connectivity index (χ0v) is 28.4. The Morgan fingerprint density at radius 3 is 2.47 bits per heavy atom. The molecule has 51 heavy (non-hydrogen) atoms. The fourth-order valence-electron chi connectivity index (χ4n) is 8.57. The first kappa shape index (κ1) is 33.1. The smallest absolute Gasteiger partial charge is 0.249 e. The van der Waals surface area contributed by atoms with Crippen molar-refractivity contribution in [2.45, 2.75) is 75.3 Å². The number of anilines is 2. The van der Waals surface area contributed by atoms with Gasteiger partial charge in [0.25, 0.3) is 0 Å². The minimum absolute atomic E-state index is 0.197. The number of para-hydroxylation sites is 2. The second-order valence-corrected chi connectivity index (χ2v) is 14.2. The summed E-state index contributed by atoms with van der Waals surface area (Å²) in [6, 6.07) is 16.7. The summed E-state index contributed by atoms with van der Waals surface area (Å²) < 4.78 is 20.3. The summed E-state index contributed by atoms with van der Waals surface area (Å²) in [5, 5.41) is 21.0. The number of carbonyl (C=O) groups excluding carboxylic acids is 2. The monoisotopic (exact) mass is 691 g/mol. The van der Waals surface area contributed by atoms with E-state index in [4.69, 9.17) is 10.5 Å². The van der Waals surface area contributed by atoms with Crippen molar-refractivity contribution in [1.29, 1.82) is 0 Å². The molecule has 0 radical (unpaired) electrons. The summed E-state index contributed by atoms with van der Waals surface area (Å²) in [4.78, 5) is 33.8. The van der Waals surface area contributed by atoms with E-state index in [0.29, 0.717) is 60.8 Å². The Morgan fingerprint density at radius 1 is 0.863 bits per heavy atom. The number of nitrogens with one attached hydrogen (secondary N) is 1. The normalized spacial score (nSPS) is 23.0. The number of phenols is 1. The molecule has 11 nitrogen and oxygen atoms in total. The number of benzene rings is 2. The van der Waals surface area contributed by atoms with Crippen LogP contribution in [0.5, 0.6) is 11.5 Å². The van der Waals surface area contributed by atoms with E-state index >= 15 is 0 Å². The van der Waals surface area contributed by atoms with Gasteiger partial charge in [-0.15, -0.1) is 10.2 Å². The van der Waals surface area contributed by atoms with Crippen LogP contribution in [0.2, 0.25) is 0 Å². The van der Waals surface area contributed by atoms with Crippen molar-refractivity contribution < 1.29 is 23.8 Å². The lowest BCUT2D eigenvalue weighted by Gasteiger charge is -2.42. The molecule has 4 N–H and O–H groups in total. The summed E-state index contributed by atoms with van der Waals surface area (Å²) in [6.45, 7) is 3.22. The zero-order chi connectivity index (χ0) is 35.1. The van der Waals surface area contributed by atoms with Crippen LogP contribution in [-0.2, 0) is 9.59 Å². The van der Waals surface area contributed by atoms with Gasteiger partial charge in [-0.1, -0.05) is 18.2 Å². The van der Waals surface area contributed by atoms with Gasteiger partial charge < -0.3 is 25.4 Å². The lowest BCUT2D eigenvalue weighted by Crippen LogP contribution is -2.54. The first-order valence-corrected chi connectivity index (χ1v) is 18.0. The summed E-state index contributed by atoms with van der Waals surface area (Å²) in [6.07, 6.45) is 9.23. The predicted octanol–water partition coefficient (Wildman–Crippen LogP) is 5.54. The van der Waals surface area contributed by atoms with Crippen LogP contribution in [0.1, 0.15) is 74.3 Å². The number of ether oxygens (including phenoxy) is 1. The molecule has 1 saturated carbocycles. The van der Waals surface area contributed by atoms with Crippen molar-refractivity contribution >= 4 is 23.3 Å². The number of rotatable bonds is 6. The molecule has 264 valence electrons. The third-order valence-electron chi connectivity index (χ3n) is 11.3. The Hall–Kier alpha value is -5.10. The van der Waals surface area contributed by atoms with E-state index in [0.717, 1.165) is 63.1 Å². The average molecular weight is 692 g/mol. The maximum absolute atomic E-state index is 14.0. The number of aromatic nitrogens is 3. The third-order valence-corrected chi connectivity index (χ3v) is 11.3. The molecular formula is C39H42FN7O4. The van der Waals surface area contributed by atoms with Crippen LogP contribution in [0.25, 0.3) is 22.5 Å². The number of halogens is 1. The van der Waals surface area contributed by atoms with E-state index in [1.165, 1.54) is 23.3 Å². The van der Waals surface area contributed by atoms with Crippen molar-refractivity contribution in [3.05, 3.63) is 77.7 Å². The standard InChI is InChI=1S/C39H42FN7O4/c40-30-5-1-4-28(36(30)49)32-22-29(38(41)45-44-32)31-21-25(13-16-42-31)23-14-17-46(18-15-23)26-9-7-24(8-10-26)27-3-2-6-33-37(27)51-20-19-47(33)34-11-12-35(48)43-39(34)50/h1-6,13,16,21-24,26,34,49H,7-12,14-15,17-20H2,(H2,41,45)(H,43,48,50)/t24?,26?,34-/m1/s1. The van der Waals surface area contributed by atoms with E-state index < -0.39 is 11.6 Å². The third kappa shape index (κ3) is 6.48. The molecule has 2 aromatic carbocycles. The number of hydrogen-bond acceptors (Lipinski definition) is 10. The molecule has 2 saturated heterocycles. The second kappa shape index (κ2) is 13.9. The Balaban J connectivity index is 0.900. The van der Waals surface area contributed by atoms with E-state index in [-0.39, 0.29) is 29.2 Å². The second-order valence-electron chi connectivity index (χ2n) is 14.2. The molecule has 8 rings (SSSR count). The number of imide groups is 1. The van der Waals surface area contributed by atoms with Crippen molar-refractivity contribution in [3.63, 3.8) is 0 Å². The van der Waals surface area contributed by atoms with Gasteiger partial charge in [-0.3, -0.25) is 19.9 Å². The van der Waals surface area contributed by atoms with Crippen LogP contribution in [0.3, 0.4) is 0 Å². The Labute approximate surface area is 296 Å². The molecule has 4 aromatic rings. The summed E-state index contributed by atoms with van der Waals surface area (Å²) in [5.74, 6) is 0.311. The summed E-state index contributed by atoms with van der Waals surface area (Å²) >= 11 is 0. The molecule has 0 unspecified atom stereocenters. The highest BCUT2D eigenvalue weighted by molar-refractivity contribution is 6.02. The van der Waals surface area contributed by atoms with Gasteiger partial charge in [0.1, 0.15) is 18.4 Å². The zero-order valence-electron chi connectivity index (χ0n) is 28.4. The molecule has 1 atom stereocenters. The number of pyridine rings is 1. The maximum Gasteiger partial charge on any atom is 0.249 e. The van der Waals surface area contributed by atoms with Crippen molar-refractivity contribution in [2.24, 2.45) is 0 Å². The number of fused-ring (bicyclic) bond motifs is 1. The van der Waals surface area contributed by atoms with Gasteiger partial charge in [-0.2, -0.15) is 0 Å². The number of piperidine rings is 2. The van der Waals surface area contributed by atoms with E-state index in [1.807, 2.05) is 6.07 Å². The van der Waals surface area contributed by atoms with Crippen molar-refractivity contribution in [2.75, 3.05) is 36.9 Å². The first-order valence-electron chi connectivity index (χ1n) is 18.0. The molecule has 3 fully saturated rings. The van der Waals surface area contributed by atoms with Gasteiger partial charge >= 0.3 is 0 Å². The number of phenolic OH excluding ortho intramolecular Hbond substituents is 1. The number of carbonyl (C=O) groups is 2. The van der Waals surface area contributed by atoms with Crippen LogP contribution in [0.15, 0.2) is 60.8 Å². The summed E-state index contributed by atoms with van der Waals surface area (Å²) in [5.41, 5.74) is 11.5. The lowest BCUT2D eigenvalue weighted by molar-refractivity contribution is -0.134. The fraction of sp³-hybridized carbons (Fsp3) is 0.410. The van der Waals surface area contributed by atoms with E-state index in [9.17, 15) is 19.1 Å². The molecule has 3 aliphatic heterocycles. The van der Waals surface area contributed by atoms with Crippen LogP contribution in [-0.4, -0.2) is 75.3 Å². The number of nitrogens with zero attached hydrogens (tertiary/aromatic N) is 5. The first-order chi connectivity index (χ1) is 24.8. The molecule has 1 aliphatic carbocycles. The highest BCUT2D eigenvalue weighted by Gasteiger charge is 2.37. The quantitative estimate of drug-likeness (QED) is 0.220. The Kier molecular flexibility index (Phi) is 9.01. The molecule has 5 heterocycles. The average Bonchev–Trinajstić information content (AvgIpc) is 3.16. The number of nitrogen functional groups attached to an aromatic ring is 1. The van der Waals surface area contributed by atoms with Crippen LogP contribution in [0.4, 0.5) is 15.9 Å². The van der Waals surface area contributed by atoms with Crippen LogP contribution >= 0.6 is 0 Å². The molecule has 4 aliphatic rings. The molecular weight excluding hydrogens is 649 g/mol. The molecule has 0 bridgehead atoms. The van der Waals surface area contributed by atoms with Crippen molar-refractivity contribution in [3.8, 4) is 34.0 Å². The maximum atomic E-state index is 14.0. The fourth-order valence-corrected chi connectivity index (χ4v) is 8.57. The van der Waals surface area contributed by atoms with Gasteiger partial charge in [0.05, 0.1) is 23.6 Å². The largest absolute Gasteiger partial charge is 0.504 e. The minimum Gasteiger partial charge on any atom is -0.504 e. The number of nitrogens with two attached hydrogens (primary N) is 1. The highest BCUT2D eigenvalue weighted by Crippen LogP contribution is 2.45. The Morgan fingerprint density at radius 2 is 1.67 bits per heavy atom. The van der Waals surface area contributed by atoms with E-state index in [2.05, 4.69) is 54.6 Å².